The van der Waals surface area contributed by atoms with Crippen molar-refractivity contribution in [3.8, 4) is 0 Å². The molecule has 2 aromatic rings. The molecule has 1 aliphatic rings. The average Bonchev–Trinajstić information content (AvgIpc) is 3.02. The number of nitrogens with zero attached hydrogens (tertiary/aromatic N) is 2. The third-order valence-electron chi connectivity index (χ3n) is 3.46. The maximum atomic E-state index is 12.3. The normalized spacial score (nSPS) is 14.4. The van der Waals surface area contributed by atoms with E-state index in [9.17, 15) is 8.42 Å². The van der Waals surface area contributed by atoms with Crippen molar-refractivity contribution in [2.24, 2.45) is 7.05 Å². The predicted octanol–water partition coefficient (Wildman–Crippen LogP) is 1.16. The summed E-state index contributed by atoms with van der Waals surface area (Å²) >= 11 is 5.88. The molecule has 1 aliphatic heterocycles. The van der Waals surface area contributed by atoms with Gasteiger partial charge in [0, 0.05) is 26.7 Å². The van der Waals surface area contributed by atoms with Crippen LogP contribution in [0, 0.1) is 0 Å². The number of nitrogens with one attached hydrogen (secondary N) is 2. The van der Waals surface area contributed by atoms with Crippen LogP contribution in [0.4, 0.5) is 0 Å². The van der Waals surface area contributed by atoms with Crippen molar-refractivity contribution >= 4 is 21.6 Å². The van der Waals surface area contributed by atoms with Crippen LogP contribution in [-0.4, -0.2) is 18.2 Å². The van der Waals surface area contributed by atoms with Crippen molar-refractivity contribution in [1.29, 1.82) is 0 Å². The number of aromatic nitrogens is 2. The van der Waals surface area contributed by atoms with E-state index in [4.69, 9.17) is 11.6 Å². The molecule has 0 radical (unpaired) electrons. The maximum absolute atomic E-state index is 12.3. The summed E-state index contributed by atoms with van der Waals surface area (Å²) in [7, 11) is -2.14. The van der Waals surface area contributed by atoms with E-state index < -0.39 is 10.0 Å². The van der Waals surface area contributed by atoms with E-state index in [0.29, 0.717) is 0 Å². The largest absolute Gasteiger partial charge is 0.309 e. The molecule has 0 amide bonds. The second kappa shape index (κ2) is 5.42. The Morgan fingerprint density at radius 2 is 2.14 bits per heavy atom. The summed E-state index contributed by atoms with van der Waals surface area (Å²) in [4.78, 5) is 0. The van der Waals surface area contributed by atoms with Crippen LogP contribution >= 0.6 is 11.6 Å². The van der Waals surface area contributed by atoms with Crippen LogP contribution in [0.25, 0.3) is 0 Å². The van der Waals surface area contributed by atoms with E-state index in [0.717, 1.165) is 18.7 Å². The minimum Gasteiger partial charge on any atom is -0.309 e. The SMILES string of the molecule is Cn1ncc(Cl)c1S(=O)(=O)NCc1ccc2c(c1)CNC2. The highest BCUT2D eigenvalue weighted by Crippen LogP contribution is 2.21. The third-order valence-corrected chi connectivity index (χ3v) is 5.37. The first kappa shape index (κ1) is 14.5. The monoisotopic (exact) mass is 326 g/mol. The Balaban J connectivity index is 1.78. The van der Waals surface area contributed by atoms with Gasteiger partial charge in [-0.1, -0.05) is 29.8 Å². The van der Waals surface area contributed by atoms with Gasteiger partial charge in [-0.3, -0.25) is 4.68 Å². The summed E-state index contributed by atoms with van der Waals surface area (Å²) in [5, 5.41) is 7.19. The number of aryl methyl sites for hydroxylation is 1. The molecule has 6 nitrogen and oxygen atoms in total. The molecule has 112 valence electrons. The molecular weight excluding hydrogens is 312 g/mol. The first-order valence-corrected chi connectivity index (χ1v) is 8.32. The topological polar surface area (TPSA) is 76.0 Å². The fourth-order valence-corrected chi connectivity index (χ4v) is 4.08. The Morgan fingerprint density at radius 3 is 2.86 bits per heavy atom. The molecule has 1 aromatic carbocycles. The molecule has 3 rings (SSSR count). The number of hydrogen-bond acceptors (Lipinski definition) is 4. The van der Waals surface area contributed by atoms with Crippen molar-refractivity contribution in [2.75, 3.05) is 0 Å². The summed E-state index contributed by atoms with van der Waals surface area (Å²) < 4.78 is 28.4. The highest BCUT2D eigenvalue weighted by Gasteiger charge is 2.22. The van der Waals surface area contributed by atoms with E-state index in [2.05, 4.69) is 15.1 Å². The first-order valence-electron chi connectivity index (χ1n) is 6.46. The van der Waals surface area contributed by atoms with Crippen LogP contribution in [-0.2, 0) is 36.7 Å². The summed E-state index contributed by atoms with van der Waals surface area (Å²) in [6.07, 6.45) is 1.32. The van der Waals surface area contributed by atoms with E-state index in [-0.39, 0.29) is 16.6 Å². The first-order chi connectivity index (χ1) is 9.97. The number of sulfonamides is 1. The minimum atomic E-state index is -3.69. The zero-order valence-corrected chi connectivity index (χ0v) is 13.0. The lowest BCUT2D eigenvalue weighted by Crippen LogP contribution is -2.25. The van der Waals surface area contributed by atoms with Crippen LogP contribution in [0.15, 0.2) is 29.4 Å². The quantitative estimate of drug-likeness (QED) is 0.884. The molecule has 2 heterocycles. The zero-order valence-electron chi connectivity index (χ0n) is 11.4. The number of benzene rings is 1. The molecule has 0 saturated heterocycles. The lowest BCUT2D eigenvalue weighted by Gasteiger charge is -2.08. The second-order valence-corrected chi connectivity index (χ2v) is 7.04. The smallest absolute Gasteiger partial charge is 0.259 e. The molecule has 0 fully saturated rings. The van der Waals surface area contributed by atoms with Gasteiger partial charge in [-0.15, -0.1) is 0 Å². The molecule has 2 N–H and O–H groups in total. The van der Waals surface area contributed by atoms with Gasteiger partial charge in [-0.05, 0) is 16.7 Å². The van der Waals surface area contributed by atoms with Crippen LogP contribution in [0.1, 0.15) is 16.7 Å². The van der Waals surface area contributed by atoms with Gasteiger partial charge in [0.25, 0.3) is 10.0 Å². The molecule has 0 atom stereocenters. The number of rotatable bonds is 4. The lowest BCUT2D eigenvalue weighted by molar-refractivity contribution is 0.563. The lowest BCUT2D eigenvalue weighted by atomic mass is 10.1. The predicted molar refractivity (Wildman–Crippen MR) is 79.2 cm³/mol. The molecule has 8 heteroatoms. The van der Waals surface area contributed by atoms with Crippen LogP contribution in [0.5, 0.6) is 0 Å². The van der Waals surface area contributed by atoms with Gasteiger partial charge in [-0.25, -0.2) is 13.1 Å². The van der Waals surface area contributed by atoms with Gasteiger partial charge >= 0.3 is 0 Å². The van der Waals surface area contributed by atoms with Gasteiger partial charge in [0.1, 0.15) is 0 Å². The maximum Gasteiger partial charge on any atom is 0.259 e. The van der Waals surface area contributed by atoms with Crippen LogP contribution in [0.2, 0.25) is 5.02 Å². The van der Waals surface area contributed by atoms with Gasteiger partial charge in [-0.2, -0.15) is 5.10 Å². The summed E-state index contributed by atoms with van der Waals surface area (Å²) in [6.45, 7) is 1.91. The Morgan fingerprint density at radius 1 is 1.38 bits per heavy atom. The van der Waals surface area contributed by atoms with Crippen molar-refractivity contribution in [2.45, 2.75) is 24.7 Å². The fourth-order valence-electron chi connectivity index (χ4n) is 2.41. The summed E-state index contributed by atoms with van der Waals surface area (Å²) in [6, 6.07) is 5.97. The standard InChI is InChI=1S/C13H15ClN4O2S/c1-18-13(12(14)8-16-18)21(19,20)17-5-9-2-3-10-6-15-7-11(10)4-9/h2-4,8,15,17H,5-7H2,1H3. The van der Waals surface area contributed by atoms with Gasteiger partial charge in [0.05, 0.1) is 11.2 Å². The number of halogens is 1. The van der Waals surface area contributed by atoms with Crippen molar-refractivity contribution in [3.63, 3.8) is 0 Å². The Labute approximate surface area is 128 Å². The molecule has 0 aliphatic carbocycles. The number of fused-ring (bicyclic) bond motifs is 1. The van der Waals surface area contributed by atoms with Gasteiger partial charge < -0.3 is 5.32 Å². The summed E-state index contributed by atoms with van der Waals surface area (Å²) in [5.41, 5.74) is 3.39. The highest BCUT2D eigenvalue weighted by molar-refractivity contribution is 7.89. The zero-order chi connectivity index (χ0) is 15.0. The molecule has 0 saturated carbocycles. The van der Waals surface area contributed by atoms with Crippen molar-refractivity contribution < 1.29 is 8.42 Å². The fraction of sp³-hybridized carbons (Fsp3) is 0.308. The molecule has 21 heavy (non-hydrogen) atoms. The Hall–Kier alpha value is -1.41. The summed E-state index contributed by atoms with van der Waals surface area (Å²) in [5.74, 6) is 0. The van der Waals surface area contributed by atoms with Crippen LogP contribution in [0.3, 0.4) is 0 Å². The van der Waals surface area contributed by atoms with E-state index >= 15 is 0 Å². The molecule has 1 aromatic heterocycles. The highest BCUT2D eigenvalue weighted by atomic mass is 35.5. The molecule has 0 unspecified atom stereocenters. The molecular formula is C13H15ClN4O2S. The van der Waals surface area contributed by atoms with E-state index in [1.165, 1.54) is 22.0 Å². The third kappa shape index (κ3) is 2.82. The van der Waals surface area contributed by atoms with E-state index in [1.54, 1.807) is 7.05 Å². The van der Waals surface area contributed by atoms with Gasteiger partial charge in [0.2, 0.25) is 0 Å². The van der Waals surface area contributed by atoms with Crippen molar-refractivity contribution in [3.05, 3.63) is 46.1 Å². The Kier molecular flexibility index (Phi) is 3.75. The Bertz CT molecular complexity index is 766. The average molecular weight is 327 g/mol. The number of hydrogen-bond donors (Lipinski definition) is 2. The van der Waals surface area contributed by atoms with Crippen molar-refractivity contribution in [1.82, 2.24) is 19.8 Å². The van der Waals surface area contributed by atoms with E-state index in [1.807, 2.05) is 18.2 Å². The second-order valence-electron chi connectivity index (χ2n) is 4.95. The minimum absolute atomic E-state index is 0.0213. The molecule has 0 bridgehead atoms. The van der Waals surface area contributed by atoms with Gasteiger partial charge in [0.15, 0.2) is 5.03 Å². The van der Waals surface area contributed by atoms with Crippen LogP contribution < -0.4 is 10.0 Å². The molecule has 0 spiro atoms.